The van der Waals surface area contributed by atoms with Gasteiger partial charge in [0.15, 0.2) is 0 Å². The van der Waals surface area contributed by atoms with Gasteiger partial charge in [0.2, 0.25) is 0 Å². The van der Waals surface area contributed by atoms with Gasteiger partial charge >= 0.3 is 0 Å². The first-order valence-corrected chi connectivity index (χ1v) is 4.59. The fourth-order valence-electron chi connectivity index (χ4n) is 1.12. The van der Waals surface area contributed by atoms with E-state index in [1.54, 1.807) is 0 Å². The standard InChI is InChI=1S/C12H16O/c1-3-7-11(2)13-10-12-8-5-4-6-9-12/h3-6,8-9,11H,1,7,10H2,2H3. The summed E-state index contributed by atoms with van der Waals surface area (Å²) in [6, 6.07) is 10.2. The summed E-state index contributed by atoms with van der Waals surface area (Å²) in [5, 5.41) is 0. The van der Waals surface area contributed by atoms with Crippen LogP contribution < -0.4 is 0 Å². The average Bonchev–Trinajstić information content (AvgIpc) is 2.17. The predicted molar refractivity (Wildman–Crippen MR) is 55.5 cm³/mol. The molecule has 70 valence electrons. The van der Waals surface area contributed by atoms with Crippen LogP contribution in [0.4, 0.5) is 0 Å². The summed E-state index contributed by atoms with van der Waals surface area (Å²) in [7, 11) is 0. The minimum Gasteiger partial charge on any atom is -0.374 e. The molecule has 1 unspecified atom stereocenters. The topological polar surface area (TPSA) is 9.23 Å². The van der Waals surface area contributed by atoms with Gasteiger partial charge in [0.05, 0.1) is 12.7 Å². The van der Waals surface area contributed by atoms with E-state index in [0.717, 1.165) is 6.42 Å². The quantitative estimate of drug-likeness (QED) is 0.626. The lowest BCUT2D eigenvalue weighted by Gasteiger charge is -2.10. The molecule has 0 aliphatic carbocycles. The Bertz CT molecular complexity index is 241. The van der Waals surface area contributed by atoms with Crippen molar-refractivity contribution in [3.63, 3.8) is 0 Å². The third-order valence-electron chi connectivity index (χ3n) is 1.88. The fraction of sp³-hybridized carbons (Fsp3) is 0.333. The summed E-state index contributed by atoms with van der Waals surface area (Å²) in [6.07, 6.45) is 3.06. The van der Waals surface area contributed by atoms with E-state index in [9.17, 15) is 0 Å². The largest absolute Gasteiger partial charge is 0.374 e. The molecule has 0 N–H and O–H groups in total. The molecule has 1 aromatic carbocycles. The van der Waals surface area contributed by atoms with Crippen molar-refractivity contribution in [1.29, 1.82) is 0 Å². The second-order valence-electron chi connectivity index (χ2n) is 3.13. The highest BCUT2D eigenvalue weighted by atomic mass is 16.5. The van der Waals surface area contributed by atoms with E-state index in [1.807, 2.05) is 24.3 Å². The Balaban J connectivity index is 2.30. The number of benzene rings is 1. The summed E-state index contributed by atoms with van der Waals surface area (Å²) >= 11 is 0. The number of hydrogen-bond donors (Lipinski definition) is 0. The van der Waals surface area contributed by atoms with Crippen LogP contribution in [0.15, 0.2) is 43.0 Å². The van der Waals surface area contributed by atoms with Crippen LogP contribution in [-0.4, -0.2) is 6.10 Å². The van der Waals surface area contributed by atoms with Gasteiger partial charge in [-0.2, -0.15) is 0 Å². The highest BCUT2D eigenvalue weighted by Crippen LogP contribution is 2.05. The molecule has 1 nitrogen and oxygen atoms in total. The fourth-order valence-corrected chi connectivity index (χ4v) is 1.12. The molecule has 0 saturated carbocycles. The van der Waals surface area contributed by atoms with Gasteiger partial charge in [-0.3, -0.25) is 0 Å². The maximum atomic E-state index is 5.60. The van der Waals surface area contributed by atoms with Crippen molar-refractivity contribution in [2.45, 2.75) is 26.1 Å². The van der Waals surface area contributed by atoms with Crippen LogP contribution in [0.5, 0.6) is 0 Å². The Kier molecular flexibility index (Phi) is 4.27. The van der Waals surface area contributed by atoms with Crippen molar-refractivity contribution in [1.82, 2.24) is 0 Å². The summed E-state index contributed by atoms with van der Waals surface area (Å²) in [6.45, 7) is 6.43. The van der Waals surface area contributed by atoms with E-state index in [1.165, 1.54) is 5.56 Å². The molecule has 1 rings (SSSR count). The van der Waals surface area contributed by atoms with Crippen LogP contribution >= 0.6 is 0 Å². The molecule has 0 heterocycles. The lowest BCUT2D eigenvalue weighted by molar-refractivity contribution is 0.0553. The highest BCUT2D eigenvalue weighted by molar-refractivity contribution is 5.13. The van der Waals surface area contributed by atoms with E-state index in [-0.39, 0.29) is 6.10 Å². The maximum Gasteiger partial charge on any atom is 0.0720 e. The molecular formula is C12H16O. The van der Waals surface area contributed by atoms with Crippen LogP contribution in [0.25, 0.3) is 0 Å². The van der Waals surface area contributed by atoms with E-state index in [2.05, 4.69) is 25.6 Å². The van der Waals surface area contributed by atoms with Crippen molar-refractivity contribution >= 4 is 0 Å². The molecule has 0 aromatic heterocycles. The molecule has 0 fully saturated rings. The zero-order chi connectivity index (χ0) is 9.52. The first-order valence-electron chi connectivity index (χ1n) is 4.59. The normalized spacial score (nSPS) is 12.4. The molecule has 1 atom stereocenters. The third kappa shape index (κ3) is 3.90. The van der Waals surface area contributed by atoms with Crippen molar-refractivity contribution in [3.8, 4) is 0 Å². The summed E-state index contributed by atoms with van der Waals surface area (Å²) in [5.74, 6) is 0. The van der Waals surface area contributed by atoms with E-state index in [0.29, 0.717) is 6.61 Å². The minimum atomic E-state index is 0.262. The zero-order valence-electron chi connectivity index (χ0n) is 8.07. The number of hydrogen-bond acceptors (Lipinski definition) is 1. The lowest BCUT2D eigenvalue weighted by Crippen LogP contribution is -2.06. The van der Waals surface area contributed by atoms with Crippen molar-refractivity contribution < 1.29 is 4.74 Å². The minimum absolute atomic E-state index is 0.262. The Labute approximate surface area is 80.0 Å². The van der Waals surface area contributed by atoms with Crippen LogP contribution in [-0.2, 0) is 11.3 Å². The zero-order valence-corrected chi connectivity index (χ0v) is 8.07. The van der Waals surface area contributed by atoms with Gasteiger partial charge < -0.3 is 4.74 Å². The third-order valence-corrected chi connectivity index (χ3v) is 1.88. The van der Waals surface area contributed by atoms with Crippen LogP contribution in [0.1, 0.15) is 18.9 Å². The smallest absolute Gasteiger partial charge is 0.0720 e. The molecule has 1 heteroatoms. The molecule has 0 saturated heterocycles. The van der Waals surface area contributed by atoms with Gasteiger partial charge in [-0.25, -0.2) is 0 Å². The first kappa shape index (κ1) is 10.0. The molecular weight excluding hydrogens is 160 g/mol. The van der Waals surface area contributed by atoms with Gasteiger partial charge in [0, 0.05) is 0 Å². The number of rotatable bonds is 5. The molecule has 0 amide bonds. The predicted octanol–water partition coefficient (Wildman–Crippen LogP) is 3.17. The first-order chi connectivity index (χ1) is 6.33. The van der Waals surface area contributed by atoms with E-state index in [4.69, 9.17) is 4.74 Å². The van der Waals surface area contributed by atoms with Gasteiger partial charge in [-0.05, 0) is 18.9 Å². The second-order valence-corrected chi connectivity index (χ2v) is 3.13. The Morgan fingerprint density at radius 1 is 1.38 bits per heavy atom. The molecule has 0 spiro atoms. The van der Waals surface area contributed by atoms with Crippen LogP contribution in [0.2, 0.25) is 0 Å². The molecule has 0 radical (unpaired) electrons. The molecule has 1 aromatic rings. The molecule has 0 aliphatic rings. The van der Waals surface area contributed by atoms with Crippen molar-refractivity contribution in [2.24, 2.45) is 0 Å². The van der Waals surface area contributed by atoms with Gasteiger partial charge in [-0.15, -0.1) is 6.58 Å². The molecule has 0 bridgehead atoms. The second kappa shape index (κ2) is 5.55. The summed E-state index contributed by atoms with van der Waals surface area (Å²) in [4.78, 5) is 0. The lowest BCUT2D eigenvalue weighted by atomic mass is 10.2. The monoisotopic (exact) mass is 176 g/mol. The Morgan fingerprint density at radius 2 is 2.08 bits per heavy atom. The summed E-state index contributed by atoms with van der Waals surface area (Å²) < 4.78 is 5.60. The highest BCUT2D eigenvalue weighted by Gasteiger charge is 1.98. The maximum absolute atomic E-state index is 5.60. The average molecular weight is 176 g/mol. The van der Waals surface area contributed by atoms with Gasteiger partial charge in [0.1, 0.15) is 0 Å². The Morgan fingerprint density at radius 3 is 2.69 bits per heavy atom. The van der Waals surface area contributed by atoms with E-state index >= 15 is 0 Å². The Hall–Kier alpha value is -1.08. The van der Waals surface area contributed by atoms with Crippen LogP contribution in [0, 0.1) is 0 Å². The van der Waals surface area contributed by atoms with Crippen molar-refractivity contribution in [3.05, 3.63) is 48.6 Å². The van der Waals surface area contributed by atoms with Gasteiger partial charge in [0.25, 0.3) is 0 Å². The molecule has 13 heavy (non-hydrogen) atoms. The van der Waals surface area contributed by atoms with Crippen molar-refractivity contribution in [2.75, 3.05) is 0 Å². The molecule has 0 aliphatic heterocycles. The summed E-state index contributed by atoms with van der Waals surface area (Å²) in [5.41, 5.74) is 1.22. The van der Waals surface area contributed by atoms with Gasteiger partial charge in [-0.1, -0.05) is 36.4 Å². The van der Waals surface area contributed by atoms with E-state index < -0.39 is 0 Å². The van der Waals surface area contributed by atoms with Crippen LogP contribution in [0.3, 0.4) is 0 Å². The number of ether oxygens (including phenoxy) is 1. The SMILES string of the molecule is C=CCC(C)OCc1ccccc1.